The van der Waals surface area contributed by atoms with E-state index in [0.717, 1.165) is 11.3 Å². The Bertz CT molecular complexity index is 455. The molecule has 0 radical (unpaired) electrons. The molecule has 16 heavy (non-hydrogen) atoms. The van der Waals surface area contributed by atoms with Crippen LogP contribution >= 0.6 is 0 Å². The van der Waals surface area contributed by atoms with Crippen LogP contribution in [0.3, 0.4) is 0 Å². The highest BCUT2D eigenvalue weighted by molar-refractivity contribution is 5.64. The summed E-state index contributed by atoms with van der Waals surface area (Å²) in [4.78, 5) is 2.44. The van der Waals surface area contributed by atoms with Gasteiger partial charge in [0.1, 0.15) is 5.76 Å². The Balaban J connectivity index is 1.93. The molecule has 1 saturated heterocycles. The lowest BCUT2D eigenvalue weighted by Crippen LogP contribution is -2.17. The molecule has 2 aromatic rings. The van der Waals surface area contributed by atoms with Crippen molar-refractivity contribution in [3.05, 3.63) is 42.7 Å². The van der Waals surface area contributed by atoms with Crippen molar-refractivity contribution in [1.82, 2.24) is 0 Å². The molecular formula is C14H15NO. The summed E-state index contributed by atoms with van der Waals surface area (Å²) in [7, 11) is 0. The zero-order chi connectivity index (χ0) is 10.8. The Hall–Kier alpha value is -1.70. The van der Waals surface area contributed by atoms with E-state index in [1.54, 1.807) is 6.26 Å². The van der Waals surface area contributed by atoms with Crippen molar-refractivity contribution >= 4 is 5.69 Å². The van der Waals surface area contributed by atoms with Gasteiger partial charge in [0.2, 0.25) is 0 Å². The highest BCUT2D eigenvalue weighted by atomic mass is 16.3. The van der Waals surface area contributed by atoms with Crippen molar-refractivity contribution in [2.24, 2.45) is 0 Å². The normalized spacial score (nSPS) is 15.6. The van der Waals surface area contributed by atoms with Crippen molar-refractivity contribution in [2.45, 2.75) is 12.8 Å². The molecule has 2 heteroatoms. The maximum atomic E-state index is 5.42. The van der Waals surface area contributed by atoms with Crippen molar-refractivity contribution in [3.63, 3.8) is 0 Å². The van der Waals surface area contributed by atoms with E-state index in [2.05, 4.69) is 29.2 Å². The first-order valence-corrected chi connectivity index (χ1v) is 5.82. The number of rotatable bonds is 2. The van der Waals surface area contributed by atoms with E-state index in [4.69, 9.17) is 4.42 Å². The highest BCUT2D eigenvalue weighted by Crippen LogP contribution is 2.26. The molecule has 1 aromatic carbocycles. The first-order valence-electron chi connectivity index (χ1n) is 5.82. The molecule has 82 valence electrons. The molecule has 1 aliphatic rings. The largest absolute Gasteiger partial charge is 0.464 e. The predicted molar refractivity (Wildman–Crippen MR) is 65.6 cm³/mol. The van der Waals surface area contributed by atoms with Crippen LogP contribution in [0.15, 0.2) is 47.1 Å². The standard InChI is InChI=1S/C14H15NO/c1-2-9-15(8-1)13-6-3-5-12(11-13)14-7-4-10-16-14/h3-7,10-11H,1-2,8-9H2. The fourth-order valence-electron chi connectivity index (χ4n) is 2.27. The Labute approximate surface area is 95.5 Å². The maximum Gasteiger partial charge on any atom is 0.133 e. The van der Waals surface area contributed by atoms with Gasteiger partial charge in [-0.05, 0) is 37.1 Å². The summed E-state index contributed by atoms with van der Waals surface area (Å²) < 4.78 is 5.42. The number of nitrogens with zero attached hydrogens (tertiary/aromatic N) is 1. The minimum atomic E-state index is 0.945. The van der Waals surface area contributed by atoms with E-state index >= 15 is 0 Å². The number of hydrogen-bond donors (Lipinski definition) is 0. The van der Waals surface area contributed by atoms with Gasteiger partial charge in [0.15, 0.2) is 0 Å². The van der Waals surface area contributed by atoms with E-state index in [-0.39, 0.29) is 0 Å². The third-order valence-electron chi connectivity index (χ3n) is 3.12. The first-order chi connectivity index (χ1) is 7.93. The SMILES string of the molecule is c1cc(-c2ccco2)cc(N2CCCC2)c1. The summed E-state index contributed by atoms with van der Waals surface area (Å²) in [5.41, 5.74) is 2.47. The number of benzene rings is 1. The highest BCUT2D eigenvalue weighted by Gasteiger charge is 2.12. The Morgan fingerprint density at radius 1 is 1.00 bits per heavy atom. The van der Waals surface area contributed by atoms with E-state index in [1.165, 1.54) is 31.6 Å². The van der Waals surface area contributed by atoms with Crippen LogP contribution in [0, 0.1) is 0 Å². The van der Waals surface area contributed by atoms with Gasteiger partial charge in [-0.3, -0.25) is 0 Å². The minimum Gasteiger partial charge on any atom is -0.464 e. The molecule has 1 fully saturated rings. The van der Waals surface area contributed by atoms with Gasteiger partial charge < -0.3 is 9.32 Å². The van der Waals surface area contributed by atoms with Crippen molar-refractivity contribution in [3.8, 4) is 11.3 Å². The molecule has 0 spiro atoms. The second-order valence-electron chi connectivity index (χ2n) is 4.22. The summed E-state index contributed by atoms with van der Waals surface area (Å²) in [6, 6.07) is 12.5. The second kappa shape index (κ2) is 4.05. The van der Waals surface area contributed by atoms with Crippen LogP contribution in [-0.2, 0) is 0 Å². The quantitative estimate of drug-likeness (QED) is 0.758. The van der Waals surface area contributed by atoms with Crippen molar-refractivity contribution < 1.29 is 4.42 Å². The molecule has 0 aliphatic carbocycles. The van der Waals surface area contributed by atoms with Gasteiger partial charge in [0.05, 0.1) is 6.26 Å². The topological polar surface area (TPSA) is 16.4 Å². The Kier molecular flexibility index (Phi) is 2.41. The van der Waals surface area contributed by atoms with Crippen LogP contribution in [0.25, 0.3) is 11.3 Å². The first kappa shape index (κ1) is 9.52. The second-order valence-corrected chi connectivity index (χ2v) is 4.22. The zero-order valence-corrected chi connectivity index (χ0v) is 9.23. The molecule has 0 atom stereocenters. The third-order valence-corrected chi connectivity index (χ3v) is 3.12. The van der Waals surface area contributed by atoms with Gasteiger partial charge >= 0.3 is 0 Å². The molecule has 0 amide bonds. The fourth-order valence-corrected chi connectivity index (χ4v) is 2.27. The number of furan rings is 1. The van der Waals surface area contributed by atoms with Gasteiger partial charge in [-0.2, -0.15) is 0 Å². The van der Waals surface area contributed by atoms with Crippen LogP contribution < -0.4 is 4.90 Å². The van der Waals surface area contributed by atoms with Gasteiger partial charge in [-0.15, -0.1) is 0 Å². The third kappa shape index (κ3) is 1.71. The predicted octanol–water partition coefficient (Wildman–Crippen LogP) is 3.55. The monoisotopic (exact) mass is 213 g/mol. The van der Waals surface area contributed by atoms with Gasteiger partial charge in [0.25, 0.3) is 0 Å². The van der Waals surface area contributed by atoms with Gasteiger partial charge in [0, 0.05) is 24.3 Å². The summed E-state index contributed by atoms with van der Waals surface area (Å²) in [5.74, 6) is 0.945. The molecule has 2 heterocycles. The van der Waals surface area contributed by atoms with Crippen molar-refractivity contribution in [2.75, 3.05) is 18.0 Å². The summed E-state index contributed by atoms with van der Waals surface area (Å²) >= 11 is 0. The zero-order valence-electron chi connectivity index (χ0n) is 9.23. The summed E-state index contributed by atoms with van der Waals surface area (Å²) in [5, 5.41) is 0. The lowest BCUT2D eigenvalue weighted by molar-refractivity contribution is 0.582. The molecule has 0 N–H and O–H groups in total. The van der Waals surface area contributed by atoms with Crippen LogP contribution in [0.4, 0.5) is 5.69 Å². The fraction of sp³-hybridized carbons (Fsp3) is 0.286. The molecule has 0 saturated carbocycles. The van der Waals surface area contributed by atoms with Gasteiger partial charge in [-0.25, -0.2) is 0 Å². The summed E-state index contributed by atoms with van der Waals surface area (Å²) in [6.45, 7) is 2.36. The Morgan fingerprint density at radius 3 is 2.62 bits per heavy atom. The van der Waals surface area contributed by atoms with Crippen molar-refractivity contribution in [1.29, 1.82) is 0 Å². The number of hydrogen-bond acceptors (Lipinski definition) is 2. The summed E-state index contributed by atoms with van der Waals surface area (Å²) in [6.07, 6.45) is 4.34. The van der Waals surface area contributed by atoms with Crippen LogP contribution in [0.5, 0.6) is 0 Å². The number of anilines is 1. The van der Waals surface area contributed by atoms with Gasteiger partial charge in [-0.1, -0.05) is 12.1 Å². The van der Waals surface area contributed by atoms with E-state index < -0.39 is 0 Å². The average molecular weight is 213 g/mol. The lowest BCUT2D eigenvalue weighted by atomic mass is 10.1. The molecule has 1 aliphatic heterocycles. The molecule has 0 bridgehead atoms. The van der Waals surface area contributed by atoms with E-state index in [9.17, 15) is 0 Å². The van der Waals surface area contributed by atoms with Crippen LogP contribution in [-0.4, -0.2) is 13.1 Å². The van der Waals surface area contributed by atoms with E-state index in [1.807, 2.05) is 12.1 Å². The molecular weight excluding hydrogens is 198 g/mol. The molecule has 1 aromatic heterocycles. The smallest absolute Gasteiger partial charge is 0.133 e. The average Bonchev–Trinajstić information content (AvgIpc) is 3.03. The lowest BCUT2D eigenvalue weighted by Gasteiger charge is -2.17. The maximum absolute atomic E-state index is 5.42. The van der Waals surface area contributed by atoms with Crippen LogP contribution in [0.2, 0.25) is 0 Å². The van der Waals surface area contributed by atoms with Crippen LogP contribution in [0.1, 0.15) is 12.8 Å². The molecule has 0 unspecified atom stereocenters. The minimum absolute atomic E-state index is 0.945. The van der Waals surface area contributed by atoms with E-state index in [0.29, 0.717) is 0 Å². The molecule has 2 nitrogen and oxygen atoms in total. The molecule has 3 rings (SSSR count). The Morgan fingerprint density at radius 2 is 1.88 bits per heavy atom.